The molecule has 1 fully saturated rings. The Hall–Kier alpha value is 0.0569. The number of hydrogen-bond acceptors (Lipinski definition) is 4. The third kappa shape index (κ3) is 15.8. The lowest BCUT2D eigenvalue weighted by molar-refractivity contribution is 0.0375. The monoisotopic (exact) mass is 471 g/mol. The summed E-state index contributed by atoms with van der Waals surface area (Å²) in [5.41, 5.74) is 0. The van der Waals surface area contributed by atoms with E-state index in [1.165, 1.54) is 109 Å². The second-order valence-corrected chi connectivity index (χ2v) is 13.2. The minimum atomic E-state index is -2.11. The maximum absolute atomic E-state index is 6.75. The molecule has 0 radical (unpaired) electrons. The molecule has 0 saturated carbocycles. The van der Waals surface area contributed by atoms with Crippen LogP contribution in [0, 0.1) is 0 Å². The Morgan fingerprint density at radius 1 is 0.594 bits per heavy atom. The first-order valence-electron chi connectivity index (χ1n) is 14.3. The molecule has 0 N–H and O–H groups in total. The highest BCUT2D eigenvalue weighted by atomic mass is 28.4. The highest BCUT2D eigenvalue weighted by Gasteiger charge is 2.36. The van der Waals surface area contributed by atoms with Gasteiger partial charge in [-0.25, -0.2) is 0 Å². The molecule has 0 bridgehead atoms. The van der Waals surface area contributed by atoms with Gasteiger partial charge in [-0.3, -0.25) is 4.90 Å². The van der Waals surface area contributed by atoms with Crippen LogP contribution in [-0.2, 0) is 13.6 Å². The van der Waals surface area contributed by atoms with Crippen molar-refractivity contribution in [2.24, 2.45) is 0 Å². The van der Waals surface area contributed by atoms with Gasteiger partial charge >= 0.3 is 8.56 Å². The molecule has 0 amide bonds. The maximum atomic E-state index is 6.75. The summed E-state index contributed by atoms with van der Waals surface area (Å²) in [6, 6.07) is 2.34. The molecule has 1 aliphatic heterocycles. The van der Waals surface area contributed by atoms with Gasteiger partial charge < -0.3 is 13.6 Å². The molecule has 192 valence electrons. The molecule has 32 heavy (non-hydrogen) atoms. The molecule has 1 heterocycles. The third-order valence-corrected chi connectivity index (χ3v) is 10.5. The summed E-state index contributed by atoms with van der Waals surface area (Å²) >= 11 is 0. The highest BCUT2D eigenvalue weighted by molar-refractivity contribution is 6.67. The van der Waals surface area contributed by atoms with Gasteiger partial charge in [0.05, 0.1) is 13.2 Å². The SMILES string of the molecule is CCCCCCCCO[Si](CCCC)(CCCN1CCOCC1)OCCCCCCCC. The quantitative estimate of drug-likeness (QED) is 0.113. The molecule has 0 atom stereocenters. The van der Waals surface area contributed by atoms with Crippen molar-refractivity contribution in [2.75, 3.05) is 46.1 Å². The van der Waals surface area contributed by atoms with Gasteiger partial charge in [-0.2, -0.15) is 0 Å². The number of morpholine rings is 1. The van der Waals surface area contributed by atoms with Crippen molar-refractivity contribution in [3.8, 4) is 0 Å². The summed E-state index contributed by atoms with van der Waals surface area (Å²) in [5, 5.41) is 0. The van der Waals surface area contributed by atoms with Crippen LogP contribution in [0.2, 0.25) is 12.1 Å². The van der Waals surface area contributed by atoms with E-state index in [-0.39, 0.29) is 0 Å². The highest BCUT2D eigenvalue weighted by Crippen LogP contribution is 2.26. The topological polar surface area (TPSA) is 30.9 Å². The van der Waals surface area contributed by atoms with Crippen LogP contribution in [0.5, 0.6) is 0 Å². The fraction of sp³-hybridized carbons (Fsp3) is 1.00. The maximum Gasteiger partial charge on any atom is 0.338 e. The van der Waals surface area contributed by atoms with Crippen molar-refractivity contribution in [2.45, 2.75) is 129 Å². The van der Waals surface area contributed by atoms with Gasteiger partial charge in [-0.15, -0.1) is 0 Å². The van der Waals surface area contributed by atoms with Crippen molar-refractivity contribution in [3.05, 3.63) is 0 Å². The summed E-state index contributed by atoms with van der Waals surface area (Å²) < 4.78 is 19.0. The Morgan fingerprint density at radius 2 is 1.06 bits per heavy atom. The first-order valence-corrected chi connectivity index (χ1v) is 16.6. The summed E-state index contributed by atoms with van der Waals surface area (Å²) in [6.07, 6.45) is 19.6. The molecule has 0 aromatic rings. The molecule has 1 saturated heterocycles. The van der Waals surface area contributed by atoms with Crippen LogP contribution in [0.3, 0.4) is 0 Å². The second kappa shape index (κ2) is 21.6. The van der Waals surface area contributed by atoms with Crippen molar-refractivity contribution in [3.63, 3.8) is 0 Å². The predicted octanol–water partition coefficient (Wildman–Crippen LogP) is 7.71. The standard InChI is InChI=1S/C27H57NO3Si/c1-4-7-10-12-14-16-22-30-32(26-9-6-3,31-23-17-15-13-11-8-5-2)27-18-19-28-20-24-29-25-21-28/h4-27H2,1-3H3. The van der Waals surface area contributed by atoms with Crippen LogP contribution in [-0.4, -0.2) is 59.5 Å². The average Bonchev–Trinajstić information content (AvgIpc) is 2.82. The van der Waals surface area contributed by atoms with Gasteiger partial charge in [0.25, 0.3) is 0 Å². The normalized spacial score (nSPS) is 15.5. The largest absolute Gasteiger partial charge is 0.394 e. The summed E-state index contributed by atoms with van der Waals surface area (Å²) in [4.78, 5) is 2.56. The smallest absolute Gasteiger partial charge is 0.338 e. The Kier molecular flexibility index (Phi) is 20.3. The van der Waals surface area contributed by atoms with E-state index in [4.69, 9.17) is 13.6 Å². The average molecular weight is 472 g/mol. The number of ether oxygens (including phenoxy) is 1. The number of nitrogens with zero attached hydrogens (tertiary/aromatic N) is 1. The van der Waals surface area contributed by atoms with Crippen LogP contribution >= 0.6 is 0 Å². The van der Waals surface area contributed by atoms with E-state index < -0.39 is 8.56 Å². The minimum Gasteiger partial charge on any atom is -0.394 e. The Bertz CT molecular complexity index is 373. The van der Waals surface area contributed by atoms with Crippen LogP contribution in [0.1, 0.15) is 117 Å². The third-order valence-electron chi connectivity index (χ3n) is 6.77. The van der Waals surface area contributed by atoms with Crippen LogP contribution in [0.25, 0.3) is 0 Å². The first kappa shape index (κ1) is 30.1. The fourth-order valence-electron chi connectivity index (χ4n) is 4.58. The van der Waals surface area contributed by atoms with Gasteiger partial charge in [-0.1, -0.05) is 97.8 Å². The molecular weight excluding hydrogens is 414 g/mol. The zero-order valence-corrected chi connectivity index (χ0v) is 23.1. The van der Waals surface area contributed by atoms with E-state index in [9.17, 15) is 0 Å². The van der Waals surface area contributed by atoms with Crippen molar-refractivity contribution >= 4 is 8.56 Å². The Labute approximate surface area is 202 Å². The van der Waals surface area contributed by atoms with Crippen molar-refractivity contribution in [1.82, 2.24) is 4.90 Å². The van der Waals surface area contributed by atoms with E-state index in [1.807, 2.05) is 0 Å². The summed E-state index contributed by atoms with van der Waals surface area (Å²) in [6.45, 7) is 13.8. The summed E-state index contributed by atoms with van der Waals surface area (Å²) in [7, 11) is -2.11. The van der Waals surface area contributed by atoms with Crippen molar-refractivity contribution < 1.29 is 13.6 Å². The number of hydrogen-bond donors (Lipinski definition) is 0. The number of rotatable bonds is 23. The van der Waals surface area contributed by atoms with Gasteiger partial charge in [0, 0.05) is 26.3 Å². The molecule has 1 rings (SSSR count). The van der Waals surface area contributed by atoms with Crippen LogP contribution < -0.4 is 0 Å². The van der Waals surface area contributed by atoms with Gasteiger partial charge in [0.1, 0.15) is 0 Å². The Morgan fingerprint density at radius 3 is 1.59 bits per heavy atom. The van der Waals surface area contributed by atoms with E-state index in [2.05, 4.69) is 25.7 Å². The van der Waals surface area contributed by atoms with E-state index in [0.29, 0.717) is 0 Å². The van der Waals surface area contributed by atoms with Crippen molar-refractivity contribution in [1.29, 1.82) is 0 Å². The zero-order chi connectivity index (χ0) is 23.2. The molecule has 0 unspecified atom stereocenters. The fourth-order valence-corrected chi connectivity index (χ4v) is 8.11. The first-order chi connectivity index (χ1) is 15.8. The summed E-state index contributed by atoms with van der Waals surface area (Å²) in [5.74, 6) is 0. The lowest BCUT2D eigenvalue weighted by Gasteiger charge is -2.33. The van der Waals surface area contributed by atoms with Gasteiger partial charge in [-0.05, 0) is 37.9 Å². The molecule has 0 aliphatic carbocycles. The van der Waals surface area contributed by atoms with E-state index >= 15 is 0 Å². The van der Waals surface area contributed by atoms with Crippen LogP contribution in [0.15, 0.2) is 0 Å². The molecule has 1 aliphatic rings. The molecule has 0 spiro atoms. The van der Waals surface area contributed by atoms with E-state index in [0.717, 1.165) is 45.6 Å². The molecule has 0 aromatic carbocycles. The molecule has 5 heteroatoms. The van der Waals surface area contributed by atoms with Crippen LogP contribution in [0.4, 0.5) is 0 Å². The van der Waals surface area contributed by atoms with Gasteiger partial charge in [0.15, 0.2) is 0 Å². The number of unbranched alkanes of at least 4 members (excludes halogenated alkanes) is 11. The zero-order valence-electron chi connectivity index (χ0n) is 22.1. The van der Waals surface area contributed by atoms with E-state index in [1.54, 1.807) is 0 Å². The lowest BCUT2D eigenvalue weighted by atomic mass is 10.1. The molecule has 4 nitrogen and oxygen atoms in total. The lowest BCUT2D eigenvalue weighted by Crippen LogP contribution is -2.44. The second-order valence-electron chi connectivity index (χ2n) is 9.80. The molecular formula is C27H57NO3Si. The molecule has 0 aromatic heterocycles. The minimum absolute atomic E-state index is 0.890. The Balaban J connectivity index is 2.49. The van der Waals surface area contributed by atoms with Gasteiger partial charge in [0.2, 0.25) is 0 Å². The predicted molar refractivity (Wildman–Crippen MR) is 141 cm³/mol.